The zero-order valence-electron chi connectivity index (χ0n) is 38.6. The van der Waals surface area contributed by atoms with Crippen LogP contribution >= 0.6 is 0 Å². The van der Waals surface area contributed by atoms with Crippen LogP contribution in [0.25, 0.3) is 104 Å². The first kappa shape index (κ1) is 39.8. The van der Waals surface area contributed by atoms with Crippen LogP contribution < -0.4 is 20.7 Å². The van der Waals surface area contributed by atoms with Crippen LogP contribution in [0.4, 0.5) is 0 Å². The molecule has 4 nitrogen and oxygen atoms in total. The molecule has 0 atom stereocenters. The van der Waals surface area contributed by atoms with E-state index in [4.69, 9.17) is 4.42 Å². The summed E-state index contributed by atoms with van der Waals surface area (Å²) in [5.41, 5.74) is 12.0. The second-order valence-electron chi connectivity index (χ2n) is 18.8. The van der Waals surface area contributed by atoms with Crippen molar-refractivity contribution in [2.24, 2.45) is 0 Å². The first-order chi connectivity index (χ1) is 35.2. The molecular formula is C66H43N3OSi. The standard InChI is InChI=1S/C66H43N3OSi/c1-4-19-46(20-5-1)71(47-21-6-2-7-22-47,48-23-8-3-9-24-48)49-37-40-62-56(43-49)53-28-13-17-32-60(53)69(62)63-33-18-34-64-66(63)54-38-35-45(42-65(54)70-64)68-59-31-16-12-27-52(59)55-41-44(36-39-61(55)68)67-57-29-14-10-25-50(57)51-26-11-15-30-58(51)67/h1-43H. The van der Waals surface area contributed by atoms with Gasteiger partial charge in [-0.25, -0.2) is 0 Å². The van der Waals surface area contributed by atoms with Gasteiger partial charge in [-0.15, -0.1) is 0 Å². The molecule has 0 bridgehead atoms. The molecule has 15 rings (SSSR count). The number of fused-ring (bicyclic) bond motifs is 12. The lowest BCUT2D eigenvalue weighted by Gasteiger charge is -2.34. The van der Waals surface area contributed by atoms with E-state index >= 15 is 0 Å². The number of aromatic nitrogens is 3. The van der Waals surface area contributed by atoms with Gasteiger partial charge in [-0.2, -0.15) is 0 Å². The molecule has 332 valence electrons. The summed E-state index contributed by atoms with van der Waals surface area (Å²) in [6.07, 6.45) is 0. The van der Waals surface area contributed by atoms with Crippen molar-refractivity contribution < 1.29 is 4.42 Å². The summed E-state index contributed by atoms with van der Waals surface area (Å²) in [6, 6.07) is 96.1. The molecule has 0 aliphatic carbocycles. The monoisotopic (exact) mass is 921 g/mol. The molecule has 11 aromatic carbocycles. The average molecular weight is 922 g/mol. The Hall–Kier alpha value is -9.16. The first-order valence-electron chi connectivity index (χ1n) is 24.4. The third-order valence-electron chi connectivity index (χ3n) is 15.2. The summed E-state index contributed by atoms with van der Waals surface area (Å²) in [7, 11) is -2.77. The smallest absolute Gasteiger partial charge is 0.179 e. The molecule has 5 heteroatoms. The number of rotatable bonds is 7. The molecule has 0 aliphatic heterocycles. The van der Waals surface area contributed by atoms with Crippen molar-refractivity contribution in [2.45, 2.75) is 0 Å². The molecule has 4 heterocycles. The minimum Gasteiger partial charge on any atom is -0.456 e. The Labute approximate surface area is 410 Å². The van der Waals surface area contributed by atoms with Crippen LogP contribution in [0.3, 0.4) is 0 Å². The summed E-state index contributed by atoms with van der Waals surface area (Å²) < 4.78 is 14.2. The Balaban J connectivity index is 0.910. The molecule has 0 N–H and O–H groups in total. The maximum absolute atomic E-state index is 6.91. The maximum atomic E-state index is 6.91. The average Bonchev–Trinajstić information content (AvgIpc) is 4.18. The Morgan fingerprint density at radius 3 is 1.24 bits per heavy atom. The van der Waals surface area contributed by atoms with Crippen LogP contribution in [0.1, 0.15) is 0 Å². The molecular weight excluding hydrogens is 879 g/mol. The zero-order valence-corrected chi connectivity index (χ0v) is 39.6. The Kier molecular flexibility index (Phi) is 8.64. The molecule has 15 aromatic rings. The van der Waals surface area contributed by atoms with E-state index < -0.39 is 8.07 Å². The summed E-state index contributed by atoms with van der Waals surface area (Å²) in [6.45, 7) is 0. The van der Waals surface area contributed by atoms with E-state index in [1.165, 1.54) is 64.1 Å². The van der Waals surface area contributed by atoms with Crippen LogP contribution in [0.2, 0.25) is 0 Å². The third-order valence-corrected chi connectivity index (χ3v) is 20.0. The molecule has 0 aliphatic rings. The van der Waals surface area contributed by atoms with E-state index in [0.29, 0.717) is 0 Å². The van der Waals surface area contributed by atoms with Crippen molar-refractivity contribution in [3.63, 3.8) is 0 Å². The van der Waals surface area contributed by atoms with Gasteiger partial charge in [0.05, 0.1) is 44.2 Å². The van der Waals surface area contributed by atoms with E-state index in [2.05, 4.69) is 275 Å². The fourth-order valence-electron chi connectivity index (χ4n) is 12.2. The van der Waals surface area contributed by atoms with Gasteiger partial charge in [0.15, 0.2) is 8.07 Å². The van der Waals surface area contributed by atoms with Crippen LogP contribution in [-0.2, 0) is 0 Å². The fraction of sp³-hybridized carbons (Fsp3) is 0. The van der Waals surface area contributed by atoms with Crippen molar-refractivity contribution >= 4 is 116 Å². The van der Waals surface area contributed by atoms with E-state index in [-0.39, 0.29) is 0 Å². The minimum absolute atomic E-state index is 0.852. The first-order valence-corrected chi connectivity index (χ1v) is 26.4. The number of benzene rings is 11. The minimum atomic E-state index is -2.77. The third kappa shape index (κ3) is 5.72. The molecule has 4 aromatic heterocycles. The lowest BCUT2D eigenvalue weighted by atomic mass is 10.1. The number of para-hydroxylation sites is 4. The lowest BCUT2D eigenvalue weighted by Crippen LogP contribution is -2.74. The maximum Gasteiger partial charge on any atom is 0.179 e. The van der Waals surface area contributed by atoms with E-state index in [1.807, 2.05) is 0 Å². The normalized spacial score (nSPS) is 12.2. The van der Waals surface area contributed by atoms with Gasteiger partial charge in [0.2, 0.25) is 0 Å². The van der Waals surface area contributed by atoms with Gasteiger partial charge in [-0.3, -0.25) is 0 Å². The van der Waals surface area contributed by atoms with Gasteiger partial charge in [-0.05, 0) is 93.5 Å². The molecule has 71 heavy (non-hydrogen) atoms. The van der Waals surface area contributed by atoms with E-state index in [9.17, 15) is 0 Å². The van der Waals surface area contributed by atoms with Crippen molar-refractivity contribution in [3.8, 4) is 17.1 Å². The number of furan rings is 1. The molecule has 0 saturated carbocycles. The molecule has 0 radical (unpaired) electrons. The predicted molar refractivity (Wildman–Crippen MR) is 300 cm³/mol. The largest absolute Gasteiger partial charge is 0.456 e. The highest BCUT2D eigenvalue weighted by atomic mass is 28.3. The Bertz CT molecular complexity index is 4430. The molecule has 0 amide bonds. The highest BCUT2D eigenvalue weighted by Crippen LogP contribution is 2.41. The highest BCUT2D eigenvalue weighted by molar-refractivity contribution is 7.20. The summed E-state index contributed by atoms with van der Waals surface area (Å²) in [5, 5.41) is 15.0. The van der Waals surface area contributed by atoms with Crippen molar-refractivity contribution in [1.82, 2.24) is 13.7 Å². The molecule has 0 saturated heterocycles. The van der Waals surface area contributed by atoms with Crippen LogP contribution in [0.15, 0.2) is 265 Å². The second kappa shape index (κ2) is 15.4. The van der Waals surface area contributed by atoms with Gasteiger partial charge in [0.25, 0.3) is 0 Å². The topological polar surface area (TPSA) is 27.9 Å². The van der Waals surface area contributed by atoms with Crippen LogP contribution in [0, 0.1) is 0 Å². The molecule has 0 spiro atoms. The predicted octanol–water partition coefficient (Wildman–Crippen LogP) is 14.3. The summed E-state index contributed by atoms with van der Waals surface area (Å²) >= 11 is 0. The quantitative estimate of drug-likeness (QED) is 0.116. The highest BCUT2D eigenvalue weighted by Gasteiger charge is 2.41. The second-order valence-corrected chi connectivity index (χ2v) is 22.6. The number of nitrogens with zero attached hydrogens (tertiary/aromatic N) is 3. The van der Waals surface area contributed by atoms with Crippen LogP contribution in [-0.4, -0.2) is 21.8 Å². The number of hydrogen-bond acceptors (Lipinski definition) is 1. The SMILES string of the molecule is c1ccc([Si](c2ccccc2)(c2ccccc2)c2ccc3c(c2)c2ccccc2n3-c2cccc3oc4cc(-n5c6ccccc6c6cc(-n7c8ccccc8c8ccccc87)ccc65)ccc4c23)cc1. The number of hydrogen-bond donors (Lipinski definition) is 0. The molecule has 0 fully saturated rings. The van der Waals surface area contributed by atoms with Gasteiger partial charge >= 0.3 is 0 Å². The van der Waals surface area contributed by atoms with Gasteiger partial charge in [0.1, 0.15) is 11.2 Å². The Morgan fingerprint density at radius 2 is 0.676 bits per heavy atom. The van der Waals surface area contributed by atoms with Crippen molar-refractivity contribution in [2.75, 3.05) is 0 Å². The van der Waals surface area contributed by atoms with Crippen molar-refractivity contribution in [1.29, 1.82) is 0 Å². The van der Waals surface area contributed by atoms with Gasteiger partial charge in [0, 0.05) is 55.1 Å². The van der Waals surface area contributed by atoms with Gasteiger partial charge < -0.3 is 18.1 Å². The summed E-state index contributed by atoms with van der Waals surface area (Å²) in [5.74, 6) is 0. The zero-order chi connectivity index (χ0) is 46.6. The fourth-order valence-corrected chi connectivity index (χ4v) is 17.0. The lowest BCUT2D eigenvalue weighted by molar-refractivity contribution is 0.668. The van der Waals surface area contributed by atoms with Crippen molar-refractivity contribution in [3.05, 3.63) is 261 Å². The van der Waals surface area contributed by atoms with Gasteiger partial charge in [-0.1, -0.05) is 182 Å². The van der Waals surface area contributed by atoms with Crippen LogP contribution in [0.5, 0.6) is 0 Å². The van der Waals surface area contributed by atoms with E-state index in [0.717, 1.165) is 61.1 Å². The van der Waals surface area contributed by atoms with E-state index in [1.54, 1.807) is 0 Å². The molecule has 0 unspecified atom stereocenters. The summed E-state index contributed by atoms with van der Waals surface area (Å²) in [4.78, 5) is 0. The Morgan fingerprint density at radius 1 is 0.254 bits per heavy atom.